The van der Waals surface area contributed by atoms with Gasteiger partial charge in [0.2, 0.25) is 0 Å². The number of carbonyl (C=O) groups excluding carboxylic acids is 1. The Balaban J connectivity index is 2.58. The fourth-order valence-electron chi connectivity index (χ4n) is 1.70. The third kappa shape index (κ3) is 4.57. The van der Waals surface area contributed by atoms with E-state index in [2.05, 4.69) is 0 Å². The maximum absolute atomic E-state index is 11.4. The Kier molecular flexibility index (Phi) is 5.70. The van der Waals surface area contributed by atoms with Gasteiger partial charge in [-0.2, -0.15) is 0 Å². The molecule has 0 fully saturated rings. The van der Waals surface area contributed by atoms with Crippen LogP contribution >= 0.6 is 0 Å². The normalized spacial score (nSPS) is 12.2. The van der Waals surface area contributed by atoms with Crippen molar-refractivity contribution in [2.24, 2.45) is 0 Å². The highest BCUT2D eigenvalue weighted by atomic mass is 16.5. The highest BCUT2D eigenvalue weighted by molar-refractivity contribution is 5.89. The van der Waals surface area contributed by atoms with Crippen molar-refractivity contribution in [2.75, 3.05) is 6.61 Å². The number of benzene rings is 1. The first-order valence-electron chi connectivity index (χ1n) is 6.11. The van der Waals surface area contributed by atoms with Crippen LogP contribution in [0.25, 0.3) is 0 Å². The van der Waals surface area contributed by atoms with Crippen molar-refractivity contribution in [3.63, 3.8) is 0 Å². The van der Waals surface area contributed by atoms with Gasteiger partial charge >= 0.3 is 5.97 Å². The van der Waals surface area contributed by atoms with Crippen molar-refractivity contribution in [3.8, 4) is 0 Å². The molecule has 0 spiro atoms. The first kappa shape index (κ1) is 13.7. The molecular weight excluding hydrogens is 216 g/mol. The highest BCUT2D eigenvalue weighted by Crippen LogP contribution is 2.10. The zero-order valence-electron chi connectivity index (χ0n) is 10.5. The van der Waals surface area contributed by atoms with Gasteiger partial charge in [-0.25, -0.2) is 4.79 Å². The predicted molar refractivity (Wildman–Crippen MR) is 67.0 cm³/mol. The summed E-state index contributed by atoms with van der Waals surface area (Å²) in [5.74, 6) is -0.298. The standard InChI is InChI=1S/C14H20O3/c1-3-5-13(15)10-11-6-8-12(9-7-11)14(16)17-4-2/h6-9,13,15H,3-5,10H2,1-2H3. The number of esters is 1. The average Bonchev–Trinajstić information content (AvgIpc) is 2.30. The van der Waals surface area contributed by atoms with Crippen LogP contribution in [-0.2, 0) is 11.2 Å². The molecule has 3 heteroatoms. The smallest absolute Gasteiger partial charge is 0.338 e. The fourth-order valence-corrected chi connectivity index (χ4v) is 1.70. The zero-order chi connectivity index (χ0) is 12.7. The summed E-state index contributed by atoms with van der Waals surface area (Å²) in [6.45, 7) is 4.22. The third-order valence-electron chi connectivity index (χ3n) is 2.56. The lowest BCUT2D eigenvalue weighted by Gasteiger charge is -2.09. The lowest BCUT2D eigenvalue weighted by atomic mass is 10.0. The number of rotatable bonds is 6. The summed E-state index contributed by atoms with van der Waals surface area (Å²) in [4.78, 5) is 11.4. The molecule has 0 radical (unpaired) electrons. The molecule has 0 aliphatic rings. The average molecular weight is 236 g/mol. The Morgan fingerprint density at radius 2 is 1.94 bits per heavy atom. The second kappa shape index (κ2) is 7.07. The minimum absolute atomic E-state index is 0.298. The number of hydrogen-bond acceptors (Lipinski definition) is 3. The van der Waals surface area contributed by atoms with Gasteiger partial charge in [-0.15, -0.1) is 0 Å². The van der Waals surface area contributed by atoms with Crippen molar-refractivity contribution >= 4 is 5.97 Å². The molecule has 0 bridgehead atoms. The molecule has 0 aromatic heterocycles. The van der Waals surface area contributed by atoms with Crippen molar-refractivity contribution < 1.29 is 14.6 Å². The van der Waals surface area contributed by atoms with Crippen molar-refractivity contribution in [3.05, 3.63) is 35.4 Å². The molecule has 0 aliphatic carbocycles. The molecule has 1 aromatic rings. The Hall–Kier alpha value is -1.35. The van der Waals surface area contributed by atoms with Crippen LogP contribution in [0.4, 0.5) is 0 Å². The van der Waals surface area contributed by atoms with Crippen molar-refractivity contribution in [2.45, 2.75) is 39.2 Å². The van der Waals surface area contributed by atoms with Gasteiger partial charge in [0, 0.05) is 0 Å². The minimum atomic E-state index is -0.298. The van der Waals surface area contributed by atoms with Gasteiger partial charge in [0.25, 0.3) is 0 Å². The highest BCUT2D eigenvalue weighted by Gasteiger charge is 2.07. The summed E-state index contributed by atoms with van der Waals surface area (Å²) in [6.07, 6.45) is 2.12. The van der Waals surface area contributed by atoms with Crippen LogP contribution in [0.3, 0.4) is 0 Å². The molecule has 0 saturated carbocycles. The maximum Gasteiger partial charge on any atom is 0.338 e. The molecular formula is C14H20O3. The third-order valence-corrected chi connectivity index (χ3v) is 2.56. The van der Waals surface area contributed by atoms with Gasteiger partial charge in [-0.1, -0.05) is 25.5 Å². The Morgan fingerprint density at radius 3 is 2.47 bits per heavy atom. The second-order valence-corrected chi connectivity index (χ2v) is 4.06. The van der Waals surface area contributed by atoms with Gasteiger partial charge < -0.3 is 9.84 Å². The molecule has 1 aromatic carbocycles. The van der Waals surface area contributed by atoms with E-state index in [1.54, 1.807) is 19.1 Å². The van der Waals surface area contributed by atoms with E-state index in [0.717, 1.165) is 18.4 Å². The van der Waals surface area contributed by atoms with Crippen molar-refractivity contribution in [1.82, 2.24) is 0 Å². The molecule has 3 nitrogen and oxygen atoms in total. The predicted octanol–water partition coefficient (Wildman–Crippen LogP) is 2.57. The molecule has 0 amide bonds. The van der Waals surface area contributed by atoms with Crippen LogP contribution < -0.4 is 0 Å². The summed E-state index contributed by atoms with van der Waals surface area (Å²) in [6, 6.07) is 7.22. The molecule has 1 N–H and O–H groups in total. The van der Waals surface area contributed by atoms with Crippen LogP contribution in [0.2, 0.25) is 0 Å². The second-order valence-electron chi connectivity index (χ2n) is 4.06. The van der Waals surface area contributed by atoms with Crippen LogP contribution in [0.5, 0.6) is 0 Å². The molecule has 1 atom stereocenters. The summed E-state index contributed by atoms with van der Waals surface area (Å²) in [7, 11) is 0. The van der Waals surface area contributed by atoms with E-state index in [1.807, 2.05) is 19.1 Å². The van der Waals surface area contributed by atoms with Crippen LogP contribution in [0.15, 0.2) is 24.3 Å². The first-order chi connectivity index (χ1) is 8.17. The molecule has 17 heavy (non-hydrogen) atoms. The van der Waals surface area contributed by atoms with E-state index in [9.17, 15) is 9.90 Å². The van der Waals surface area contributed by atoms with E-state index < -0.39 is 0 Å². The van der Waals surface area contributed by atoms with E-state index in [4.69, 9.17) is 4.74 Å². The van der Waals surface area contributed by atoms with Crippen molar-refractivity contribution in [1.29, 1.82) is 0 Å². The van der Waals surface area contributed by atoms with Crippen LogP contribution in [0.1, 0.15) is 42.6 Å². The molecule has 94 valence electrons. The monoisotopic (exact) mass is 236 g/mol. The molecule has 0 saturated heterocycles. The summed E-state index contributed by atoms with van der Waals surface area (Å²) >= 11 is 0. The van der Waals surface area contributed by atoms with Gasteiger partial charge in [0.15, 0.2) is 0 Å². The summed E-state index contributed by atoms with van der Waals surface area (Å²) in [5, 5.41) is 9.67. The molecule has 0 heterocycles. The lowest BCUT2D eigenvalue weighted by Crippen LogP contribution is -2.10. The maximum atomic E-state index is 11.4. The number of ether oxygens (including phenoxy) is 1. The Bertz CT molecular complexity index is 343. The number of carbonyl (C=O) groups is 1. The van der Waals surface area contributed by atoms with Gasteiger partial charge in [0.05, 0.1) is 18.3 Å². The SMILES string of the molecule is CCCC(O)Cc1ccc(C(=O)OCC)cc1. The summed E-state index contributed by atoms with van der Waals surface area (Å²) in [5.41, 5.74) is 1.60. The van der Waals surface area contributed by atoms with E-state index in [1.165, 1.54) is 0 Å². The van der Waals surface area contributed by atoms with Crippen LogP contribution in [-0.4, -0.2) is 23.8 Å². The van der Waals surface area contributed by atoms with E-state index in [-0.39, 0.29) is 12.1 Å². The molecule has 0 aliphatic heterocycles. The van der Waals surface area contributed by atoms with Crippen LogP contribution in [0, 0.1) is 0 Å². The van der Waals surface area contributed by atoms with Gasteiger partial charge in [0.1, 0.15) is 0 Å². The molecule has 1 rings (SSSR count). The minimum Gasteiger partial charge on any atom is -0.462 e. The summed E-state index contributed by atoms with van der Waals surface area (Å²) < 4.78 is 4.90. The Morgan fingerprint density at radius 1 is 1.29 bits per heavy atom. The number of hydrogen-bond donors (Lipinski definition) is 1. The fraction of sp³-hybridized carbons (Fsp3) is 0.500. The van der Waals surface area contributed by atoms with E-state index in [0.29, 0.717) is 18.6 Å². The topological polar surface area (TPSA) is 46.5 Å². The van der Waals surface area contributed by atoms with E-state index >= 15 is 0 Å². The number of aliphatic hydroxyl groups is 1. The largest absolute Gasteiger partial charge is 0.462 e. The molecule has 1 unspecified atom stereocenters. The lowest BCUT2D eigenvalue weighted by molar-refractivity contribution is 0.0526. The quantitative estimate of drug-likeness (QED) is 0.772. The zero-order valence-corrected chi connectivity index (χ0v) is 10.5. The van der Waals surface area contributed by atoms with Gasteiger partial charge in [-0.3, -0.25) is 0 Å². The first-order valence-corrected chi connectivity index (χ1v) is 6.11. The van der Waals surface area contributed by atoms with Gasteiger partial charge in [-0.05, 0) is 37.5 Å². The number of aliphatic hydroxyl groups excluding tert-OH is 1. The Labute approximate surface area is 102 Å².